The zero-order valence-electron chi connectivity index (χ0n) is 11.7. The zero-order chi connectivity index (χ0) is 17.9. The Morgan fingerprint density at radius 1 is 1.17 bits per heavy atom. The first-order valence-corrected chi connectivity index (χ1v) is 6.74. The molecule has 1 amide bonds. The van der Waals surface area contributed by atoms with Crippen molar-refractivity contribution < 1.29 is 22.9 Å². The molecule has 0 atom stereocenters. The number of amides is 1. The number of hydrogen-bond donors (Lipinski definition) is 2. The van der Waals surface area contributed by atoms with E-state index in [-0.39, 0.29) is 11.3 Å². The highest BCUT2D eigenvalue weighted by Gasteiger charge is 2.33. The van der Waals surface area contributed by atoms with Gasteiger partial charge in [-0.25, -0.2) is 0 Å². The van der Waals surface area contributed by atoms with Crippen LogP contribution in [0, 0.1) is 10.1 Å². The minimum Gasteiger partial charge on any atom is -0.292 e. The number of hydrazine groups is 1. The van der Waals surface area contributed by atoms with Crippen molar-refractivity contribution in [3.8, 4) is 0 Å². The molecule has 0 bridgehead atoms. The van der Waals surface area contributed by atoms with Gasteiger partial charge in [-0.3, -0.25) is 25.8 Å². The summed E-state index contributed by atoms with van der Waals surface area (Å²) in [4.78, 5) is 21.8. The average molecular weight is 360 g/mol. The maximum absolute atomic E-state index is 12.6. The van der Waals surface area contributed by atoms with E-state index >= 15 is 0 Å². The van der Waals surface area contributed by atoms with Crippen molar-refractivity contribution in [2.45, 2.75) is 6.18 Å². The molecular weight excluding hydrogens is 351 g/mol. The summed E-state index contributed by atoms with van der Waals surface area (Å²) < 4.78 is 37.8. The molecule has 0 radical (unpaired) electrons. The number of carbonyl (C=O) groups is 1. The SMILES string of the molecule is O=C(NNc1ccc(C(F)(F)F)cc1[N+](=O)[O-])c1cccc(Cl)c1. The second kappa shape index (κ2) is 6.75. The van der Waals surface area contributed by atoms with Crippen LogP contribution in [0.4, 0.5) is 24.5 Å². The molecule has 0 spiro atoms. The third-order valence-electron chi connectivity index (χ3n) is 2.92. The molecule has 0 heterocycles. The topological polar surface area (TPSA) is 84.3 Å². The van der Waals surface area contributed by atoms with E-state index in [1.54, 1.807) is 6.07 Å². The Morgan fingerprint density at radius 2 is 1.88 bits per heavy atom. The number of nitrogens with one attached hydrogen (secondary N) is 2. The van der Waals surface area contributed by atoms with Gasteiger partial charge < -0.3 is 0 Å². The van der Waals surface area contributed by atoms with Gasteiger partial charge in [0, 0.05) is 16.7 Å². The number of nitro groups is 1. The van der Waals surface area contributed by atoms with Crippen molar-refractivity contribution >= 4 is 28.9 Å². The highest BCUT2D eigenvalue weighted by Crippen LogP contribution is 2.34. The van der Waals surface area contributed by atoms with Gasteiger partial charge in [-0.05, 0) is 30.3 Å². The Hall–Kier alpha value is -2.81. The maximum Gasteiger partial charge on any atom is 0.416 e. The number of anilines is 1. The highest BCUT2D eigenvalue weighted by molar-refractivity contribution is 6.30. The van der Waals surface area contributed by atoms with Crippen LogP contribution in [0.1, 0.15) is 15.9 Å². The summed E-state index contributed by atoms with van der Waals surface area (Å²) in [5, 5.41) is 11.2. The van der Waals surface area contributed by atoms with Crippen molar-refractivity contribution in [2.24, 2.45) is 0 Å². The number of carbonyl (C=O) groups excluding carboxylic acids is 1. The molecule has 0 saturated heterocycles. The molecule has 6 nitrogen and oxygen atoms in total. The first kappa shape index (κ1) is 17.5. The lowest BCUT2D eigenvalue weighted by Crippen LogP contribution is -2.29. The molecule has 0 aliphatic carbocycles. The van der Waals surface area contributed by atoms with Crippen molar-refractivity contribution in [1.82, 2.24) is 5.43 Å². The molecule has 10 heteroatoms. The molecule has 2 aromatic carbocycles. The minimum absolute atomic E-state index is 0.171. The van der Waals surface area contributed by atoms with Crippen LogP contribution in [0.3, 0.4) is 0 Å². The predicted octanol–water partition coefficient (Wildman–Crippen LogP) is 4.02. The quantitative estimate of drug-likeness (QED) is 0.637. The van der Waals surface area contributed by atoms with E-state index < -0.39 is 28.3 Å². The lowest BCUT2D eigenvalue weighted by molar-refractivity contribution is -0.384. The van der Waals surface area contributed by atoms with Gasteiger partial charge in [0.2, 0.25) is 0 Å². The van der Waals surface area contributed by atoms with Gasteiger partial charge in [0.25, 0.3) is 11.6 Å². The molecule has 0 aromatic heterocycles. The zero-order valence-corrected chi connectivity index (χ0v) is 12.5. The first-order valence-electron chi connectivity index (χ1n) is 6.36. The molecule has 2 N–H and O–H groups in total. The molecule has 0 unspecified atom stereocenters. The summed E-state index contributed by atoms with van der Waals surface area (Å²) in [6.07, 6.45) is -4.71. The van der Waals surface area contributed by atoms with Crippen molar-refractivity contribution in [2.75, 3.05) is 5.43 Å². The highest BCUT2D eigenvalue weighted by atomic mass is 35.5. The van der Waals surface area contributed by atoms with E-state index in [0.29, 0.717) is 17.2 Å². The third kappa shape index (κ3) is 4.13. The average Bonchev–Trinajstić information content (AvgIpc) is 2.51. The Bertz CT molecular complexity index is 796. The van der Waals surface area contributed by atoms with Crippen molar-refractivity contribution in [3.05, 3.63) is 68.7 Å². The molecule has 0 aliphatic rings. The van der Waals surface area contributed by atoms with E-state index in [1.807, 2.05) is 0 Å². The Morgan fingerprint density at radius 3 is 2.46 bits per heavy atom. The lowest BCUT2D eigenvalue weighted by Gasteiger charge is -2.11. The molecule has 2 aromatic rings. The summed E-state index contributed by atoms with van der Waals surface area (Å²) in [7, 11) is 0. The monoisotopic (exact) mass is 359 g/mol. The Balaban J connectivity index is 2.20. The number of benzene rings is 2. The van der Waals surface area contributed by atoms with E-state index in [4.69, 9.17) is 11.6 Å². The number of rotatable bonds is 4. The predicted molar refractivity (Wildman–Crippen MR) is 80.6 cm³/mol. The standard InChI is InChI=1S/C14H9ClF3N3O3/c15-10-3-1-2-8(6-10)13(22)20-19-11-5-4-9(14(16,17)18)7-12(11)21(23)24/h1-7,19H,(H,20,22). The number of nitro benzene ring substituents is 1. The number of nitrogens with zero attached hydrogens (tertiary/aromatic N) is 1. The van der Waals surface area contributed by atoms with E-state index in [1.165, 1.54) is 18.2 Å². The smallest absolute Gasteiger partial charge is 0.292 e. The summed E-state index contributed by atoms with van der Waals surface area (Å²) in [6.45, 7) is 0. The van der Waals surface area contributed by atoms with Crippen LogP contribution in [-0.2, 0) is 6.18 Å². The van der Waals surface area contributed by atoms with Crippen LogP contribution < -0.4 is 10.9 Å². The minimum atomic E-state index is -4.71. The van der Waals surface area contributed by atoms with E-state index in [9.17, 15) is 28.1 Å². The third-order valence-corrected chi connectivity index (χ3v) is 3.15. The van der Waals surface area contributed by atoms with Crippen molar-refractivity contribution in [3.63, 3.8) is 0 Å². The number of alkyl halides is 3. The van der Waals surface area contributed by atoms with Crippen LogP contribution in [0.2, 0.25) is 5.02 Å². The largest absolute Gasteiger partial charge is 0.416 e. The molecule has 0 saturated carbocycles. The van der Waals surface area contributed by atoms with E-state index in [2.05, 4.69) is 10.9 Å². The summed E-state index contributed by atoms with van der Waals surface area (Å²) >= 11 is 5.74. The first-order chi connectivity index (χ1) is 11.2. The van der Waals surface area contributed by atoms with Crippen LogP contribution >= 0.6 is 11.6 Å². The molecule has 0 aliphatic heterocycles. The fourth-order valence-electron chi connectivity index (χ4n) is 1.79. The van der Waals surface area contributed by atoms with Gasteiger partial charge in [0.1, 0.15) is 5.69 Å². The van der Waals surface area contributed by atoms with E-state index in [0.717, 1.165) is 6.07 Å². The van der Waals surface area contributed by atoms with Gasteiger partial charge in [0.05, 0.1) is 10.5 Å². The second-order valence-corrected chi connectivity index (χ2v) is 5.01. The van der Waals surface area contributed by atoms with Crippen LogP contribution in [-0.4, -0.2) is 10.8 Å². The maximum atomic E-state index is 12.6. The van der Waals surface area contributed by atoms with Crippen LogP contribution in [0.5, 0.6) is 0 Å². The number of halogens is 4. The fourth-order valence-corrected chi connectivity index (χ4v) is 1.98. The second-order valence-electron chi connectivity index (χ2n) is 4.58. The van der Waals surface area contributed by atoms with Gasteiger partial charge in [-0.2, -0.15) is 13.2 Å². The van der Waals surface area contributed by atoms with Crippen LogP contribution in [0.25, 0.3) is 0 Å². The molecule has 24 heavy (non-hydrogen) atoms. The molecular formula is C14H9ClF3N3O3. The molecule has 2 rings (SSSR count). The van der Waals surface area contributed by atoms with Gasteiger partial charge in [-0.15, -0.1) is 0 Å². The summed E-state index contributed by atoms with van der Waals surface area (Å²) in [6, 6.07) is 7.79. The summed E-state index contributed by atoms with van der Waals surface area (Å²) in [5.41, 5.74) is 2.30. The Kier molecular flexibility index (Phi) is 4.93. The normalized spacial score (nSPS) is 11.0. The van der Waals surface area contributed by atoms with Gasteiger partial charge >= 0.3 is 6.18 Å². The van der Waals surface area contributed by atoms with Crippen LogP contribution in [0.15, 0.2) is 42.5 Å². The van der Waals surface area contributed by atoms with Crippen molar-refractivity contribution in [1.29, 1.82) is 0 Å². The number of hydrogen-bond acceptors (Lipinski definition) is 4. The van der Waals surface area contributed by atoms with Gasteiger partial charge in [-0.1, -0.05) is 17.7 Å². The molecule has 126 valence electrons. The van der Waals surface area contributed by atoms with Gasteiger partial charge in [0.15, 0.2) is 0 Å². The summed E-state index contributed by atoms with van der Waals surface area (Å²) in [5.74, 6) is -0.660. The fraction of sp³-hybridized carbons (Fsp3) is 0.0714. The Labute approximate surface area is 138 Å². The molecule has 0 fully saturated rings. The lowest BCUT2D eigenvalue weighted by atomic mass is 10.1.